The van der Waals surface area contributed by atoms with Gasteiger partial charge in [0.25, 0.3) is 0 Å². The average molecular weight is 746 g/mol. The summed E-state index contributed by atoms with van der Waals surface area (Å²) in [6.07, 6.45) is -0.364. The van der Waals surface area contributed by atoms with Crippen molar-refractivity contribution in [3.05, 3.63) is 211 Å². The molecule has 0 saturated heterocycles. The van der Waals surface area contributed by atoms with E-state index in [9.17, 15) is 0 Å². The molecular formula is C53H35N3O2. The van der Waals surface area contributed by atoms with Gasteiger partial charge in [0.05, 0.1) is 22.8 Å². The number of furan rings is 2. The summed E-state index contributed by atoms with van der Waals surface area (Å²) >= 11 is 0. The number of nitrogens with zero attached hydrogens (tertiary/aromatic N) is 2. The van der Waals surface area contributed by atoms with Gasteiger partial charge < -0.3 is 13.4 Å². The van der Waals surface area contributed by atoms with Crippen LogP contribution in [0.1, 0.15) is 28.9 Å². The number of hydrogen-bond acceptors (Lipinski definition) is 4. The van der Waals surface area contributed by atoms with Gasteiger partial charge in [0, 0.05) is 49.6 Å². The van der Waals surface area contributed by atoms with Crippen molar-refractivity contribution in [3.63, 3.8) is 0 Å². The molecule has 11 aromatic rings. The smallest absolute Gasteiger partial charge is 0.144 e. The predicted octanol–water partition coefficient (Wildman–Crippen LogP) is 13.6. The van der Waals surface area contributed by atoms with Crippen LogP contribution in [0.5, 0.6) is 0 Å². The van der Waals surface area contributed by atoms with E-state index in [-0.39, 0.29) is 12.2 Å². The van der Waals surface area contributed by atoms with Crippen LogP contribution in [0.4, 0.5) is 0 Å². The maximum atomic E-state index is 6.74. The van der Waals surface area contributed by atoms with Crippen molar-refractivity contribution in [2.24, 2.45) is 4.99 Å². The minimum atomic E-state index is -0.364. The molecule has 2 unspecified atom stereocenters. The van der Waals surface area contributed by atoms with E-state index in [1.165, 1.54) is 21.9 Å². The average Bonchev–Trinajstić information content (AvgIpc) is 3.96. The molecule has 0 spiro atoms. The summed E-state index contributed by atoms with van der Waals surface area (Å²) in [4.78, 5) is 5.39. The highest BCUT2D eigenvalue weighted by Gasteiger charge is 2.31. The summed E-state index contributed by atoms with van der Waals surface area (Å²) in [5, 5.41) is 10.6. The lowest BCUT2D eigenvalue weighted by molar-refractivity contribution is 0.487. The molecule has 0 fully saturated rings. The first kappa shape index (κ1) is 32.7. The SMILES string of the molecule is C=C1C(c2cccc3c2oc2ccccc23)=NC(c2ccc3c(c2)oc2cc(-n4c5ccccc5c5cc(-c6ccccc6)ccc54)ccc23)NC1c1ccccc1. The predicted molar refractivity (Wildman–Crippen MR) is 238 cm³/mol. The highest BCUT2D eigenvalue weighted by Crippen LogP contribution is 2.41. The lowest BCUT2D eigenvalue weighted by Crippen LogP contribution is -2.34. The van der Waals surface area contributed by atoms with Crippen molar-refractivity contribution in [1.82, 2.24) is 9.88 Å². The molecule has 3 aromatic heterocycles. The molecule has 274 valence electrons. The van der Waals surface area contributed by atoms with Gasteiger partial charge in [-0.25, -0.2) is 0 Å². The van der Waals surface area contributed by atoms with Gasteiger partial charge in [-0.3, -0.25) is 10.3 Å². The third kappa shape index (κ3) is 5.04. The molecule has 8 aromatic carbocycles. The topological polar surface area (TPSA) is 55.6 Å². The summed E-state index contributed by atoms with van der Waals surface area (Å²) in [6, 6.07) is 63.8. The van der Waals surface area contributed by atoms with Crippen LogP contribution >= 0.6 is 0 Å². The van der Waals surface area contributed by atoms with E-state index in [0.717, 1.165) is 88.6 Å². The molecule has 58 heavy (non-hydrogen) atoms. The van der Waals surface area contributed by atoms with E-state index in [2.05, 4.69) is 174 Å². The summed E-state index contributed by atoms with van der Waals surface area (Å²) in [5.41, 5.74) is 13.9. The molecule has 0 bridgehead atoms. The Labute approximate surface area is 333 Å². The Morgan fingerprint density at radius 1 is 0.483 bits per heavy atom. The Balaban J connectivity index is 0.975. The van der Waals surface area contributed by atoms with E-state index in [0.29, 0.717) is 0 Å². The van der Waals surface area contributed by atoms with Crippen LogP contribution < -0.4 is 5.32 Å². The van der Waals surface area contributed by atoms with Gasteiger partial charge in [0.15, 0.2) is 0 Å². The van der Waals surface area contributed by atoms with Gasteiger partial charge in [-0.1, -0.05) is 134 Å². The molecular weight excluding hydrogens is 711 g/mol. The number of aromatic nitrogens is 1. The third-order valence-corrected chi connectivity index (χ3v) is 11.9. The van der Waals surface area contributed by atoms with Crippen molar-refractivity contribution in [1.29, 1.82) is 0 Å². The molecule has 0 aliphatic carbocycles. The van der Waals surface area contributed by atoms with Crippen LogP contribution in [-0.2, 0) is 0 Å². The van der Waals surface area contributed by atoms with E-state index in [1.807, 2.05) is 24.3 Å². The highest BCUT2D eigenvalue weighted by molar-refractivity contribution is 6.22. The fourth-order valence-electron chi connectivity index (χ4n) is 9.09. The normalized spacial score (nSPS) is 16.0. The first-order valence-electron chi connectivity index (χ1n) is 19.7. The zero-order valence-electron chi connectivity index (χ0n) is 31.4. The zero-order valence-corrected chi connectivity index (χ0v) is 31.4. The van der Waals surface area contributed by atoms with Gasteiger partial charge in [-0.05, 0) is 76.4 Å². The summed E-state index contributed by atoms with van der Waals surface area (Å²) in [7, 11) is 0. The molecule has 0 saturated carbocycles. The maximum Gasteiger partial charge on any atom is 0.144 e. The Kier molecular flexibility index (Phi) is 7.22. The van der Waals surface area contributed by atoms with Crippen molar-refractivity contribution in [2.75, 3.05) is 0 Å². The number of rotatable bonds is 5. The standard InChI is InChI=1S/C53H35N3O2/c1-32-50(34-15-6-3-7-16-34)54-53(55-51(32)43-20-12-19-42-39-18-9-11-22-47(39)58-52(42)43)36-23-26-40-41-27-25-37(31-49(41)57-48(40)30-36)56-45-21-10-8-17-38(45)44-29-35(24-28-46(44)56)33-13-4-2-5-14-33/h2-31,50,53-54H,1H2. The minimum absolute atomic E-state index is 0.165. The molecule has 1 N–H and O–H groups in total. The van der Waals surface area contributed by atoms with E-state index < -0.39 is 0 Å². The van der Waals surface area contributed by atoms with Crippen molar-refractivity contribution >= 4 is 71.4 Å². The first-order chi connectivity index (χ1) is 28.7. The van der Waals surface area contributed by atoms with Gasteiger partial charge in [-0.15, -0.1) is 0 Å². The Morgan fingerprint density at radius 2 is 1.17 bits per heavy atom. The molecule has 12 rings (SSSR count). The molecule has 0 amide bonds. The lowest BCUT2D eigenvalue weighted by Gasteiger charge is -2.32. The second kappa shape index (κ2) is 12.8. The number of hydrogen-bond donors (Lipinski definition) is 1. The van der Waals surface area contributed by atoms with Gasteiger partial charge in [0.2, 0.25) is 0 Å². The second-order valence-corrected chi connectivity index (χ2v) is 15.2. The van der Waals surface area contributed by atoms with Crippen molar-refractivity contribution in [3.8, 4) is 16.8 Å². The fourth-order valence-corrected chi connectivity index (χ4v) is 9.09. The second-order valence-electron chi connectivity index (χ2n) is 15.2. The van der Waals surface area contributed by atoms with Crippen LogP contribution in [0, 0.1) is 0 Å². The maximum absolute atomic E-state index is 6.74. The molecule has 2 atom stereocenters. The summed E-state index contributed by atoms with van der Waals surface area (Å²) in [6.45, 7) is 4.63. The van der Waals surface area contributed by atoms with Crippen molar-refractivity contribution in [2.45, 2.75) is 12.2 Å². The molecule has 1 aliphatic rings. The monoisotopic (exact) mass is 745 g/mol. The van der Waals surface area contributed by atoms with Crippen LogP contribution in [0.2, 0.25) is 0 Å². The van der Waals surface area contributed by atoms with Crippen LogP contribution in [0.25, 0.3) is 82.5 Å². The van der Waals surface area contributed by atoms with Crippen molar-refractivity contribution < 1.29 is 8.83 Å². The number of fused-ring (bicyclic) bond motifs is 9. The first-order valence-corrected chi connectivity index (χ1v) is 19.7. The van der Waals surface area contributed by atoms with Crippen LogP contribution in [0.3, 0.4) is 0 Å². The highest BCUT2D eigenvalue weighted by atomic mass is 16.3. The zero-order chi connectivity index (χ0) is 38.3. The molecule has 4 heterocycles. The largest absolute Gasteiger partial charge is 0.456 e. The number of benzene rings is 8. The van der Waals surface area contributed by atoms with E-state index >= 15 is 0 Å². The molecule has 0 radical (unpaired) electrons. The van der Waals surface area contributed by atoms with E-state index in [4.69, 9.17) is 13.8 Å². The Bertz CT molecular complexity index is 3460. The summed E-state index contributed by atoms with van der Waals surface area (Å²) < 4.78 is 15.6. The molecule has 5 nitrogen and oxygen atoms in total. The number of para-hydroxylation sites is 3. The number of aliphatic imine (C=N–C) groups is 1. The quantitative estimate of drug-likeness (QED) is 0.191. The Morgan fingerprint density at radius 3 is 2.03 bits per heavy atom. The number of nitrogens with one attached hydrogen (secondary N) is 1. The third-order valence-electron chi connectivity index (χ3n) is 11.9. The van der Waals surface area contributed by atoms with Crippen LogP contribution in [-0.4, -0.2) is 10.3 Å². The van der Waals surface area contributed by atoms with Gasteiger partial charge in [0.1, 0.15) is 28.5 Å². The fraction of sp³-hybridized carbons (Fsp3) is 0.0377. The van der Waals surface area contributed by atoms with Gasteiger partial charge in [-0.2, -0.15) is 0 Å². The Hall–Kier alpha value is -7.47. The minimum Gasteiger partial charge on any atom is -0.456 e. The molecule has 5 heteroatoms. The lowest BCUT2D eigenvalue weighted by atomic mass is 9.89. The molecule has 1 aliphatic heterocycles. The van der Waals surface area contributed by atoms with Crippen LogP contribution in [0.15, 0.2) is 208 Å². The summed E-state index contributed by atoms with van der Waals surface area (Å²) in [5.74, 6) is 0. The van der Waals surface area contributed by atoms with Gasteiger partial charge >= 0.3 is 0 Å². The van der Waals surface area contributed by atoms with E-state index in [1.54, 1.807) is 0 Å².